The molecule has 0 aliphatic carbocycles. The zero-order valence-corrected chi connectivity index (χ0v) is 12.0. The van der Waals surface area contributed by atoms with Crippen LogP contribution in [0, 0.1) is 0 Å². The van der Waals surface area contributed by atoms with Crippen molar-refractivity contribution in [2.75, 3.05) is 38.2 Å². The van der Waals surface area contributed by atoms with E-state index in [1.165, 1.54) is 4.90 Å². The standard InChI is InChI=1S/C12H21N3O3S/c1-14-4-2-9(3-5-14)13-12(18)15-6-7-19-8-10(15)11(16)17/h9-10H,2-8H2,1H3,(H,13,18)(H,16,17). The number of carbonyl (C=O) groups excluding carboxylic acids is 1. The predicted molar refractivity (Wildman–Crippen MR) is 74.5 cm³/mol. The highest BCUT2D eigenvalue weighted by Crippen LogP contribution is 2.17. The number of aliphatic carboxylic acids is 1. The van der Waals surface area contributed by atoms with E-state index in [4.69, 9.17) is 5.11 Å². The molecule has 2 N–H and O–H groups in total. The maximum Gasteiger partial charge on any atom is 0.327 e. The highest BCUT2D eigenvalue weighted by atomic mass is 32.2. The minimum Gasteiger partial charge on any atom is -0.480 e. The van der Waals surface area contributed by atoms with Crippen LogP contribution in [0.1, 0.15) is 12.8 Å². The van der Waals surface area contributed by atoms with E-state index in [1.807, 2.05) is 0 Å². The molecule has 1 unspecified atom stereocenters. The molecule has 2 rings (SSSR count). The maximum atomic E-state index is 12.2. The fourth-order valence-corrected chi connectivity index (χ4v) is 3.50. The number of hydrogen-bond donors (Lipinski definition) is 2. The quantitative estimate of drug-likeness (QED) is 0.764. The van der Waals surface area contributed by atoms with E-state index in [0.717, 1.165) is 31.7 Å². The van der Waals surface area contributed by atoms with E-state index in [0.29, 0.717) is 12.3 Å². The monoisotopic (exact) mass is 287 g/mol. The van der Waals surface area contributed by atoms with Gasteiger partial charge in [-0.25, -0.2) is 9.59 Å². The van der Waals surface area contributed by atoms with Crippen molar-refractivity contribution in [3.63, 3.8) is 0 Å². The van der Waals surface area contributed by atoms with Crippen LogP contribution in [0.4, 0.5) is 4.79 Å². The van der Waals surface area contributed by atoms with Gasteiger partial charge in [0.25, 0.3) is 0 Å². The van der Waals surface area contributed by atoms with Gasteiger partial charge in [-0.1, -0.05) is 0 Å². The number of carboxylic acid groups (broad SMARTS) is 1. The number of nitrogens with one attached hydrogen (secondary N) is 1. The van der Waals surface area contributed by atoms with E-state index in [1.54, 1.807) is 11.8 Å². The smallest absolute Gasteiger partial charge is 0.327 e. The molecule has 2 heterocycles. The minimum absolute atomic E-state index is 0.174. The van der Waals surface area contributed by atoms with Gasteiger partial charge in [0.2, 0.25) is 0 Å². The van der Waals surface area contributed by atoms with Gasteiger partial charge in [-0.15, -0.1) is 0 Å². The molecule has 0 saturated carbocycles. The van der Waals surface area contributed by atoms with Crippen LogP contribution in [-0.2, 0) is 4.79 Å². The van der Waals surface area contributed by atoms with Crippen LogP contribution in [0.3, 0.4) is 0 Å². The molecule has 2 aliphatic heterocycles. The summed E-state index contributed by atoms with van der Waals surface area (Å²) in [5, 5.41) is 12.1. The molecule has 0 aromatic carbocycles. The van der Waals surface area contributed by atoms with Crippen molar-refractivity contribution in [1.29, 1.82) is 0 Å². The molecule has 0 bridgehead atoms. The number of hydrogen-bond acceptors (Lipinski definition) is 4. The number of carbonyl (C=O) groups is 2. The van der Waals surface area contributed by atoms with E-state index < -0.39 is 12.0 Å². The van der Waals surface area contributed by atoms with Gasteiger partial charge in [0.15, 0.2) is 0 Å². The van der Waals surface area contributed by atoms with Crippen LogP contribution >= 0.6 is 11.8 Å². The van der Waals surface area contributed by atoms with Crippen LogP contribution in [0.2, 0.25) is 0 Å². The third kappa shape index (κ3) is 3.76. The minimum atomic E-state index is -0.911. The second-order valence-electron chi connectivity index (χ2n) is 5.15. The van der Waals surface area contributed by atoms with Gasteiger partial charge < -0.3 is 20.2 Å². The highest BCUT2D eigenvalue weighted by molar-refractivity contribution is 7.99. The first-order chi connectivity index (χ1) is 9.08. The molecule has 2 saturated heterocycles. The zero-order chi connectivity index (χ0) is 13.8. The molecule has 0 radical (unpaired) electrons. The number of rotatable bonds is 2. The van der Waals surface area contributed by atoms with Gasteiger partial charge in [-0.2, -0.15) is 11.8 Å². The van der Waals surface area contributed by atoms with Crippen LogP contribution < -0.4 is 5.32 Å². The average Bonchev–Trinajstić information content (AvgIpc) is 2.41. The van der Waals surface area contributed by atoms with Crippen molar-refractivity contribution in [2.45, 2.75) is 24.9 Å². The van der Waals surface area contributed by atoms with E-state index in [9.17, 15) is 9.59 Å². The van der Waals surface area contributed by atoms with Crippen molar-refractivity contribution in [1.82, 2.24) is 15.1 Å². The van der Waals surface area contributed by atoms with Gasteiger partial charge in [0.05, 0.1) is 0 Å². The van der Waals surface area contributed by atoms with E-state index >= 15 is 0 Å². The second kappa shape index (κ2) is 6.47. The number of amides is 2. The Morgan fingerprint density at radius 3 is 2.58 bits per heavy atom. The molecule has 2 fully saturated rings. The fourth-order valence-electron chi connectivity index (χ4n) is 2.46. The summed E-state index contributed by atoms with van der Waals surface area (Å²) in [7, 11) is 2.07. The molecule has 1 atom stereocenters. The first kappa shape index (κ1) is 14.5. The summed E-state index contributed by atoms with van der Waals surface area (Å²) in [5.74, 6) is 0.381. The molecular formula is C12H21N3O3S. The third-order valence-corrected chi connectivity index (χ3v) is 4.74. The SMILES string of the molecule is CN1CCC(NC(=O)N2CCSCC2C(=O)O)CC1. The van der Waals surface area contributed by atoms with Crippen molar-refractivity contribution >= 4 is 23.8 Å². The first-order valence-electron chi connectivity index (χ1n) is 6.64. The Morgan fingerprint density at radius 1 is 1.26 bits per heavy atom. The van der Waals surface area contributed by atoms with Crippen LogP contribution in [0.15, 0.2) is 0 Å². The molecular weight excluding hydrogens is 266 g/mol. The normalized spacial score (nSPS) is 26.2. The lowest BCUT2D eigenvalue weighted by atomic mass is 10.1. The number of thioether (sulfide) groups is 1. The zero-order valence-electron chi connectivity index (χ0n) is 11.2. The first-order valence-corrected chi connectivity index (χ1v) is 7.79. The lowest BCUT2D eigenvalue weighted by molar-refractivity contribution is -0.141. The third-order valence-electron chi connectivity index (χ3n) is 3.72. The Labute approximate surface area is 117 Å². The number of carboxylic acids is 1. The lowest BCUT2D eigenvalue weighted by Gasteiger charge is -2.35. The Hall–Kier alpha value is -0.950. The lowest BCUT2D eigenvalue weighted by Crippen LogP contribution is -2.56. The number of piperidine rings is 1. The second-order valence-corrected chi connectivity index (χ2v) is 6.30. The Kier molecular flexibility index (Phi) is 4.93. The van der Waals surface area contributed by atoms with Gasteiger partial charge in [0.1, 0.15) is 6.04 Å². The van der Waals surface area contributed by atoms with E-state index in [2.05, 4.69) is 17.3 Å². The fraction of sp³-hybridized carbons (Fsp3) is 0.833. The molecule has 0 aromatic heterocycles. The largest absolute Gasteiger partial charge is 0.480 e. The van der Waals surface area contributed by atoms with Gasteiger partial charge in [-0.05, 0) is 33.0 Å². The summed E-state index contributed by atoms with van der Waals surface area (Å²) in [6, 6.07) is -0.736. The van der Waals surface area contributed by atoms with Gasteiger partial charge >= 0.3 is 12.0 Å². The summed E-state index contributed by atoms with van der Waals surface area (Å²) < 4.78 is 0. The summed E-state index contributed by atoms with van der Waals surface area (Å²) in [6.07, 6.45) is 1.87. The summed E-state index contributed by atoms with van der Waals surface area (Å²) in [5.41, 5.74) is 0. The average molecular weight is 287 g/mol. The Bertz CT molecular complexity index is 345. The summed E-state index contributed by atoms with van der Waals surface area (Å²) >= 11 is 1.59. The Balaban J connectivity index is 1.89. The molecule has 19 heavy (non-hydrogen) atoms. The van der Waals surface area contributed by atoms with Gasteiger partial charge in [0, 0.05) is 24.1 Å². The molecule has 6 nitrogen and oxygen atoms in total. The summed E-state index contributed by atoms with van der Waals surface area (Å²) in [6.45, 7) is 2.46. The maximum absolute atomic E-state index is 12.2. The Morgan fingerprint density at radius 2 is 1.95 bits per heavy atom. The topological polar surface area (TPSA) is 72.9 Å². The van der Waals surface area contributed by atoms with Crippen molar-refractivity contribution in [3.8, 4) is 0 Å². The van der Waals surface area contributed by atoms with Crippen LogP contribution in [0.25, 0.3) is 0 Å². The number of likely N-dealkylation sites (tertiary alicyclic amines) is 1. The van der Waals surface area contributed by atoms with Crippen molar-refractivity contribution < 1.29 is 14.7 Å². The molecule has 7 heteroatoms. The van der Waals surface area contributed by atoms with Crippen molar-refractivity contribution in [3.05, 3.63) is 0 Å². The number of nitrogens with zero attached hydrogens (tertiary/aromatic N) is 2. The summed E-state index contributed by atoms with van der Waals surface area (Å²) in [4.78, 5) is 27.1. The molecule has 2 amide bonds. The van der Waals surface area contributed by atoms with Crippen molar-refractivity contribution in [2.24, 2.45) is 0 Å². The molecule has 0 spiro atoms. The highest BCUT2D eigenvalue weighted by Gasteiger charge is 2.33. The van der Waals surface area contributed by atoms with Crippen LogP contribution in [0.5, 0.6) is 0 Å². The molecule has 2 aliphatic rings. The predicted octanol–water partition coefficient (Wildman–Crippen LogP) is 0.292. The van der Waals surface area contributed by atoms with Crippen LogP contribution in [-0.4, -0.2) is 77.2 Å². The van der Waals surface area contributed by atoms with Gasteiger partial charge in [-0.3, -0.25) is 0 Å². The molecule has 0 aromatic rings. The van der Waals surface area contributed by atoms with E-state index in [-0.39, 0.29) is 12.1 Å². The molecule has 108 valence electrons. The number of urea groups is 1.